The Bertz CT molecular complexity index is 575. The predicted molar refractivity (Wildman–Crippen MR) is 80.8 cm³/mol. The van der Waals surface area contributed by atoms with Crippen LogP contribution in [0.5, 0.6) is 0 Å². The van der Waals surface area contributed by atoms with Crippen LogP contribution in [0.1, 0.15) is 43.4 Å². The van der Waals surface area contributed by atoms with Gasteiger partial charge >= 0.3 is 6.03 Å². The molecule has 0 saturated carbocycles. The van der Waals surface area contributed by atoms with E-state index in [-0.39, 0.29) is 12.5 Å². The maximum absolute atomic E-state index is 12.7. The maximum Gasteiger partial charge on any atom is 0.331 e. The van der Waals surface area contributed by atoms with Crippen LogP contribution in [0.25, 0.3) is 0 Å². The van der Waals surface area contributed by atoms with E-state index >= 15 is 0 Å². The summed E-state index contributed by atoms with van der Waals surface area (Å²) in [5, 5.41) is 2.33. The highest BCUT2D eigenvalue weighted by Crippen LogP contribution is 2.33. The first-order valence-electron chi connectivity index (χ1n) is 7.23. The minimum atomic E-state index is -1.11. The molecule has 0 unspecified atom stereocenters. The quantitative estimate of drug-likeness (QED) is 0.850. The summed E-state index contributed by atoms with van der Waals surface area (Å²) in [6, 6.07) is 3.32. The number of nitrogens with zero attached hydrogens (tertiary/aromatic N) is 1. The molecule has 1 aliphatic heterocycles. The molecule has 6 heteroatoms. The van der Waals surface area contributed by atoms with Gasteiger partial charge in [0.05, 0.1) is 6.54 Å². The molecule has 2 rings (SSSR count). The number of carbonyl (C=O) groups is 3. The van der Waals surface area contributed by atoms with E-state index in [2.05, 4.69) is 12.2 Å². The average Bonchev–Trinajstić information content (AvgIpc) is 2.92. The predicted octanol–water partition coefficient (Wildman–Crippen LogP) is 2.70. The summed E-state index contributed by atoms with van der Waals surface area (Å²) in [6.45, 7) is 5.89. The number of aryl methyl sites for hydroxylation is 1. The number of thiophene rings is 1. The van der Waals surface area contributed by atoms with Crippen molar-refractivity contribution in [1.82, 2.24) is 10.2 Å². The topological polar surface area (TPSA) is 66.5 Å². The molecule has 1 aromatic rings. The van der Waals surface area contributed by atoms with Crippen LogP contribution < -0.4 is 5.32 Å². The molecule has 0 radical (unpaired) electrons. The van der Waals surface area contributed by atoms with Crippen molar-refractivity contribution in [3.8, 4) is 0 Å². The van der Waals surface area contributed by atoms with Crippen LogP contribution in [-0.4, -0.2) is 22.7 Å². The van der Waals surface area contributed by atoms with E-state index in [4.69, 9.17) is 0 Å². The Hall–Kier alpha value is -1.69. The van der Waals surface area contributed by atoms with Crippen LogP contribution in [0.15, 0.2) is 12.1 Å². The number of nitrogens with one attached hydrogen (secondary N) is 1. The molecule has 0 bridgehead atoms. The number of hydrogen-bond acceptors (Lipinski definition) is 4. The number of carbonyl (C=O) groups excluding carboxylic acids is 3. The fraction of sp³-hybridized carbons (Fsp3) is 0.533. The highest BCUT2D eigenvalue weighted by molar-refractivity contribution is 7.12. The second-order valence-corrected chi connectivity index (χ2v) is 6.41. The first-order valence-corrected chi connectivity index (χ1v) is 8.05. The number of rotatable bonds is 5. The number of amides is 4. The summed E-state index contributed by atoms with van der Waals surface area (Å²) in [5.41, 5.74) is -1.11. The van der Waals surface area contributed by atoms with E-state index < -0.39 is 17.4 Å². The van der Waals surface area contributed by atoms with Crippen LogP contribution in [0, 0.1) is 5.41 Å². The van der Waals surface area contributed by atoms with Gasteiger partial charge in [0.15, 0.2) is 0 Å². The Morgan fingerprint density at radius 2 is 1.71 bits per heavy atom. The lowest BCUT2D eigenvalue weighted by Gasteiger charge is -2.38. The molecule has 21 heavy (non-hydrogen) atoms. The van der Waals surface area contributed by atoms with E-state index in [1.165, 1.54) is 9.78 Å². The van der Waals surface area contributed by atoms with Crippen LogP contribution in [-0.2, 0) is 22.6 Å². The Morgan fingerprint density at radius 3 is 2.24 bits per heavy atom. The normalized spacial score (nSPS) is 18.0. The minimum absolute atomic E-state index is 0.227. The monoisotopic (exact) mass is 308 g/mol. The molecule has 0 spiro atoms. The fourth-order valence-electron chi connectivity index (χ4n) is 2.60. The molecule has 4 amide bonds. The van der Waals surface area contributed by atoms with Gasteiger partial charge < -0.3 is 0 Å². The van der Waals surface area contributed by atoms with E-state index in [9.17, 15) is 14.4 Å². The third-order valence-corrected chi connectivity index (χ3v) is 5.36. The Morgan fingerprint density at radius 1 is 1.10 bits per heavy atom. The molecule has 0 aromatic carbocycles. The van der Waals surface area contributed by atoms with E-state index in [1.54, 1.807) is 25.2 Å². The summed E-state index contributed by atoms with van der Waals surface area (Å²) in [6.07, 6.45) is 1.71. The molecule has 114 valence electrons. The third kappa shape index (κ3) is 2.60. The van der Waals surface area contributed by atoms with Gasteiger partial charge in [-0.2, -0.15) is 0 Å². The zero-order chi connectivity index (χ0) is 15.6. The molecule has 1 fully saturated rings. The van der Waals surface area contributed by atoms with Gasteiger partial charge in [0.2, 0.25) is 11.8 Å². The molecular weight excluding hydrogens is 288 g/mol. The Balaban J connectivity index is 2.27. The average molecular weight is 308 g/mol. The number of hydrogen-bond donors (Lipinski definition) is 1. The van der Waals surface area contributed by atoms with Crippen LogP contribution >= 0.6 is 11.3 Å². The largest absolute Gasteiger partial charge is 0.331 e. The lowest BCUT2D eigenvalue weighted by atomic mass is 9.78. The first-order chi connectivity index (χ1) is 9.98. The molecule has 1 aromatic heterocycles. The maximum atomic E-state index is 12.7. The third-order valence-electron chi connectivity index (χ3n) is 4.14. The van der Waals surface area contributed by atoms with Gasteiger partial charge in [0.1, 0.15) is 5.41 Å². The Kier molecular flexibility index (Phi) is 4.46. The van der Waals surface area contributed by atoms with Gasteiger partial charge in [-0.25, -0.2) is 4.79 Å². The van der Waals surface area contributed by atoms with Crippen molar-refractivity contribution in [3.05, 3.63) is 21.9 Å². The van der Waals surface area contributed by atoms with Gasteiger partial charge in [-0.3, -0.25) is 19.8 Å². The molecular formula is C15H20N2O3S. The van der Waals surface area contributed by atoms with E-state index in [0.717, 1.165) is 11.3 Å². The van der Waals surface area contributed by atoms with Crippen molar-refractivity contribution in [2.45, 2.75) is 46.6 Å². The van der Waals surface area contributed by atoms with Crippen LogP contribution in [0.4, 0.5) is 4.79 Å². The molecule has 0 atom stereocenters. The summed E-state index contributed by atoms with van der Waals surface area (Å²) in [4.78, 5) is 40.1. The molecule has 1 N–H and O–H groups in total. The molecule has 0 aliphatic carbocycles. The molecule has 2 heterocycles. The van der Waals surface area contributed by atoms with E-state index in [0.29, 0.717) is 12.8 Å². The highest BCUT2D eigenvalue weighted by atomic mass is 32.1. The van der Waals surface area contributed by atoms with Gasteiger partial charge in [0.25, 0.3) is 0 Å². The SMILES string of the molecule is CCc1ccc(CN2C(=O)NC(=O)C(CC)(CC)C2=O)s1. The highest BCUT2D eigenvalue weighted by Gasteiger charge is 2.51. The van der Waals surface area contributed by atoms with Gasteiger partial charge in [-0.05, 0) is 31.4 Å². The van der Waals surface area contributed by atoms with Crippen LogP contribution in [0.3, 0.4) is 0 Å². The second kappa shape index (κ2) is 5.97. The lowest BCUT2D eigenvalue weighted by Crippen LogP contribution is -2.63. The van der Waals surface area contributed by atoms with Gasteiger partial charge in [0, 0.05) is 9.75 Å². The summed E-state index contributed by atoms with van der Waals surface area (Å²) < 4.78 is 0. The zero-order valence-corrected chi connectivity index (χ0v) is 13.4. The zero-order valence-electron chi connectivity index (χ0n) is 12.6. The minimum Gasteiger partial charge on any atom is -0.277 e. The van der Waals surface area contributed by atoms with Crippen molar-refractivity contribution in [3.63, 3.8) is 0 Å². The van der Waals surface area contributed by atoms with Crippen molar-refractivity contribution >= 4 is 29.2 Å². The van der Waals surface area contributed by atoms with E-state index in [1.807, 2.05) is 12.1 Å². The first kappa shape index (κ1) is 15.7. The lowest BCUT2D eigenvalue weighted by molar-refractivity contribution is -0.152. The Labute approximate surface area is 128 Å². The summed E-state index contributed by atoms with van der Waals surface area (Å²) in [5.74, 6) is -0.855. The summed E-state index contributed by atoms with van der Waals surface area (Å²) >= 11 is 1.59. The molecule has 1 aliphatic rings. The van der Waals surface area contributed by atoms with Crippen molar-refractivity contribution in [2.24, 2.45) is 5.41 Å². The number of urea groups is 1. The van der Waals surface area contributed by atoms with Crippen molar-refractivity contribution in [1.29, 1.82) is 0 Å². The van der Waals surface area contributed by atoms with Crippen LogP contribution in [0.2, 0.25) is 0 Å². The fourth-order valence-corrected chi connectivity index (χ4v) is 3.55. The second-order valence-electron chi connectivity index (χ2n) is 5.16. The molecule has 5 nitrogen and oxygen atoms in total. The van der Waals surface area contributed by atoms with Gasteiger partial charge in [-0.1, -0.05) is 20.8 Å². The standard InChI is InChI=1S/C15H20N2O3S/c1-4-10-7-8-11(21-10)9-17-13(19)15(5-2,6-3)12(18)16-14(17)20/h7-8H,4-6,9H2,1-3H3,(H,16,18,20). The van der Waals surface area contributed by atoms with Gasteiger partial charge in [-0.15, -0.1) is 11.3 Å². The molecule has 1 saturated heterocycles. The smallest absolute Gasteiger partial charge is 0.277 e. The summed E-state index contributed by atoms with van der Waals surface area (Å²) in [7, 11) is 0. The van der Waals surface area contributed by atoms with Crippen molar-refractivity contribution < 1.29 is 14.4 Å². The number of barbiturate groups is 1. The number of imide groups is 2. The van der Waals surface area contributed by atoms with Crippen molar-refractivity contribution in [2.75, 3.05) is 0 Å².